The van der Waals surface area contributed by atoms with Gasteiger partial charge in [-0.05, 0) is 42.5 Å². The maximum Gasteiger partial charge on any atom is 0.259 e. The van der Waals surface area contributed by atoms with Crippen LogP contribution in [0.2, 0.25) is 0 Å². The lowest BCUT2D eigenvalue weighted by Crippen LogP contribution is -2.11. The van der Waals surface area contributed by atoms with E-state index in [1.807, 2.05) is 0 Å². The molecule has 0 aliphatic carbocycles. The highest BCUT2D eigenvalue weighted by molar-refractivity contribution is 6.06. The number of nitrogens with one attached hydrogen (secondary N) is 1. The van der Waals surface area contributed by atoms with E-state index in [0.717, 1.165) is 0 Å². The van der Waals surface area contributed by atoms with Crippen LogP contribution in [0.1, 0.15) is 10.4 Å². The van der Waals surface area contributed by atoms with Gasteiger partial charge < -0.3 is 20.3 Å². The van der Waals surface area contributed by atoms with E-state index in [9.17, 15) is 15.0 Å². The lowest BCUT2D eigenvalue weighted by atomic mass is 10.1. The normalized spacial score (nSPS) is 9.95. The van der Waals surface area contributed by atoms with Gasteiger partial charge in [0.2, 0.25) is 0 Å². The van der Waals surface area contributed by atoms with Crippen LogP contribution in [-0.2, 0) is 0 Å². The molecule has 0 heterocycles. The SMILES string of the molecule is COc1ccc(NC(=O)c2cc(O)ccc2O)cc1. The van der Waals surface area contributed by atoms with E-state index < -0.39 is 5.91 Å². The van der Waals surface area contributed by atoms with E-state index in [-0.39, 0.29) is 17.1 Å². The minimum atomic E-state index is -0.501. The van der Waals surface area contributed by atoms with E-state index in [4.69, 9.17) is 4.74 Å². The molecule has 2 rings (SSSR count). The number of carbonyl (C=O) groups is 1. The smallest absolute Gasteiger partial charge is 0.259 e. The lowest BCUT2D eigenvalue weighted by molar-refractivity contribution is 0.102. The highest BCUT2D eigenvalue weighted by atomic mass is 16.5. The summed E-state index contributed by atoms with van der Waals surface area (Å²) in [5.74, 6) is -0.0988. The number of ether oxygens (including phenoxy) is 1. The predicted molar refractivity (Wildman–Crippen MR) is 70.7 cm³/mol. The molecule has 1 amide bonds. The van der Waals surface area contributed by atoms with E-state index in [1.165, 1.54) is 18.2 Å². The van der Waals surface area contributed by atoms with Crippen LogP contribution in [0, 0.1) is 0 Å². The van der Waals surface area contributed by atoms with Crippen molar-refractivity contribution in [2.24, 2.45) is 0 Å². The second kappa shape index (κ2) is 5.30. The number of anilines is 1. The van der Waals surface area contributed by atoms with Gasteiger partial charge in [0.05, 0.1) is 12.7 Å². The van der Waals surface area contributed by atoms with Gasteiger partial charge in [0.25, 0.3) is 5.91 Å². The van der Waals surface area contributed by atoms with Gasteiger partial charge in [0.15, 0.2) is 0 Å². The van der Waals surface area contributed by atoms with Crippen molar-refractivity contribution < 1.29 is 19.7 Å². The Labute approximate surface area is 110 Å². The van der Waals surface area contributed by atoms with Crippen LogP contribution in [0.25, 0.3) is 0 Å². The van der Waals surface area contributed by atoms with E-state index in [1.54, 1.807) is 31.4 Å². The highest BCUT2D eigenvalue weighted by Gasteiger charge is 2.12. The number of rotatable bonds is 3. The van der Waals surface area contributed by atoms with E-state index >= 15 is 0 Å². The van der Waals surface area contributed by atoms with Gasteiger partial charge in [-0.2, -0.15) is 0 Å². The quantitative estimate of drug-likeness (QED) is 0.739. The van der Waals surface area contributed by atoms with Crippen LogP contribution in [0.15, 0.2) is 42.5 Å². The molecular weight excluding hydrogens is 246 g/mol. The van der Waals surface area contributed by atoms with Crippen LogP contribution >= 0.6 is 0 Å². The monoisotopic (exact) mass is 259 g/mol. The van der Waals surface area contributed by atoms with Crippen LogP contribution in [0.5, 0.6) is 17.2 Å². The van der Waals surface area contributed by atoms with Crippen molar-refractivity contribution in [3.8, 4) is 17.2 Å². The summed E-state index contributed by atoms with van der Waals surface area (Å²) in [7, 11) is 1.55. The Kier molecular flexibility index (Phi) is 3.56. The molecule has 98 valence electrons. The van der Waals surface area contributed by atoms with E-state index in [0.29, 0.717) is 11.4 Å². The van der Waals surface area contributed by atoms with Gasteiger partial charge in [-0.1, -0.05) is 0 Å². The number of hydrogen-bond donors (Lipinski definition) is 3. The molecule has 2 aromatic carbocycles. The van der Waals surface area contributed by atoms with E-state index in [2.05, 4.69) is 5.32 Å². The average Bonchev–Trinajstić information content (AvgIpc) is 2.42. The minimum absolute atomic E-state index is 0.0100. The third kappa shape index (κ3) is 2.95. The number of amides is 1. The van der Waals surface area contributed by atoms with Gasteiger partial charge in [0, 0.05) is 5.69 Å². The zero-order chi connectivity index (χ0) is 13.8. The molecule has 0 saturated heterocycles. The number of aromatic hydroxyl groups is 2. The Bertz CT molecular complexity index is 593. The third-order valence-corrected chi connectivity index (χ3v) is 2.57. The summed E-state index contributed by atoms with van der Waals surface area (Å²) in [6.45, 7) is 0. The molecule has 5 heteroatoms. The first-order valence-electron chi connectivity index (χ1n) is 5.57. The first-order valence-corrected chi connectivity index (χ1v) is 5.57. The first-order chi connectivity index (χ1) is 9.10. The van der Waals surface area contributed by atoms with Gasteiger partial charge >= 0.3 is 0 Å². The standard InChI is InChI=1S/C14H13NO4/c1-19-11-5-2-9(3-6-11)15-14(18)12-8-10(16)4-7-13(12)17/h2-8,16-17H,1H3,(H,15,18). The van der Waals surface area contributed by atoms with Crippen LogP contribution in [0.4, 0.5) is 5.69 Å². The van der Waals surface area contributed by atoms with Gasteiger partial charge in [-0.3, -0.25) is 4.79 Å². The summed E-state index contributed by atoms with van der Waals surface area (Å²) in [6.07, 6.45) is 0. The minimum Gasteiger partial charge on any atom is -0.508 e. The second-order valence-electron chi connectivity index (χ2n) is 3.88. The topological polar surface area (TPSA) is 78.8 Å². The summed E-state index contributed by atoms with van der Waals surface area (Å²) in [4.78, 5) is 11.9. The summed E-state index contributed by atoms with van der Waals surface area (Å²) >= 11 is 0. The number of phenols is 2. The van der Waals surface area contributed by atoms with Crippen molar-refractivity contribution in [1.82, 2.24) is 0 Å². The summed E-state index contributed by atoms with van der Waals surface area (Å²) < 4.78 is 5.01. The fraction of sp³-hybridized carbons (Fsp3) is 0.0714. The molecule has 0 saturated carbocycles. The first kappa shape index (κ1) is 12.8. The average molecular weight is 259 g/mol. The van der Waals surface area contributed by atoms with Gasteiger partial charge in [-0.25, -0.2) is 0 Å². The summed E-state index contributed by atoms with van der Waals surface area (Å²) in [6, 6.07) is 10.5. The molecule has 0 aliphatic heterocycles. The van der Waals surface area contributed by atoms with Crippen molar-refractivity contribution in [1.29, 1.82) is 0 Å². The molecule has 0 spiro atoms. The maximum absolute atomic E-state index is 11.9. The zero-order valence-electron chi connectivity index (χ0n) is 10.3. The Morgan fingerprint density at radius 1 is 1.11 bits per heavy atom. The Morgan fingerprint density at radius 2 is 1.79 bits per heavy atom. The molecular formula is C14H13NO4. The molecule has 0 bridgehead atoms. The maximum atomic E-state index is 11.9. The number of methoxy groups -OCH3 is 1. The number of carbonyl (C=O) groups excluding carboxylic acids is 1. The van der Waals surface area contributed by atoms with Gasteiger partial charge in [-0.15, -0.1) is 0 Å². The summed E-state index contributed by atoms with van der Waals surface area (Å²) in [5.41, 5.74) is 0.573. The zero-order valence-corrected chi connectivity index (χ0v) is 10.3. The van der Waals surface area contributed by atoms with Crippen molar-refractivity contribution in [3.63, 3.8) is 0 Å². The fourth-order valence-electron chi connectivity index (χ4n) is 1.58. The Hall–Kier alpha value is -2.69. The second-order valence-corrected chi connectivity index (χ2v) is 3.88. The van der Waals surface area contributed by atoms with Crippen LogP contribution < -0.4 is 10.1 Å². The molecule has 0 aliphatic rings. The molecule has 0 radical (unpaired) electrons. The molecule has 0 unspecified atom stereocenters. The largest absolute Gasteiger partial charge is 0.508 e. The predicted octanol–water partition coefficient (Wildman–Crippen LogP) is 2.36. The molecule has 0 fully saturated rings. The van der Waals surface area contributed by atoms with Crippen molar-refractivity contribution in [2.75, 3.05) is 12.4 Å². The van der Waals surface area contributed by atoms with Crippen LogP contribution in [-0.4, -0.2) is 23.2 Å². The molecule has 5 nitrogen and oxygen atoms in total. The molecule has 0 atom stereocenters. The molecule has 3 N–H and O–H groups in total. The van der Waals surface area contributed by atoms with Crippen LogP contribution in [0.3, 0.4) is 0 Å². The fourth-order valence-corrected chi connectivity index (χ4v) is 1.58. The van der Waals surface area contributed by atoms with Crippen molar-refractivity contribution in [3.05, 3.63) is 48.0 Å². The molecule has 2 aromatic rings. The summed E-state index contributed by atoms with van der Waals surface area (Å²) in [5, 5.41) is 21.5. The number of benzene rings is 2. The van der Waals surface area contributed by atoms with Crippen molar-refractivity contribution >= 4 is 11.6 Å². The highest BCUT2D eigenvalue weighted by Crippen LogP contribution is 2.23. The van der Waals surface area contributed by atoms with Crippen molar-refractivity contribution in [2.45, 2.75) is 0 Å². The Morgan fingerprint density at radius 3 is 2.42 bits per heavy atom. The Balaban J connectivity index is 2.18. The third-order valence-electron chi connectivity index (χ3n) is 2.57. The number of hydrogen-bond acceptors (Lipinski definition) is 4. The lowest BCUT2D eigenvalue weighted by Gasteiger charge is -2.08. The van der Waals surface area contributed by atoms with Gasteiger partial charge in [0.1, 0.15) is 17.2 Å². The molecule has 19 heavy (non-hydrogen) atoms. The molecule has 0 aromatic heterocycles. The number of phenolic OH excluding ortho intramolecular Hbond substituents is 2.